The van der Waals surface area contributed by atoms with Crippen LogP contribution in [0.1, 0.15) is 19.8 Å². The van der Waals surface area contributed by atoms with Crippen LogP contribution in [-0.4, -0.2) is 12.1 Å². The average Bonchev–Trinajstić information content (AvgIpc) is 2.10. The summed E-state index contributed by atoms with van der Waals surface area (Å²) >= 11 is 0. The van der Waals surface area contributed by atoms with Gasteiger partial charge in [0.15, 0.2) is 0 Å². The van der Waals surface area contributed by atoms with Crippen LogP contribution in [0, 0.1) is 5.92 Å². The Labute approximate surface area is 54.6 Å². The van der Waals surface area contributed by atoms with Crippen molar-refractivity contribution in [2.45, 2.75) is 25.9 Å². The Morgan fingerprint density at radius 2 is 2.56 bits per heavy atom. The van der Waals surface area contributed by atoms with E-state index < -0.39 is 0 Å². The van der Waals surface area contributed by atoms with Crippen molar-refractivity contribution in [2.75, 3.05) is 0 Å². The van der Waals surface area contributed by atoms with Crippen molar-refractivity contribution in [2.24, 2.45) is 11.7 Å². The molecule has 1 rings (SSSR count). The highest BCUT2D eigenvalue weighted by Gasteiger charge is 2.27. The first-order valence-electron chi connectivity index (χ1n) is 3.29. The lowest BCUT2D eigenvalue weighted by Crippen LogP contribution is -2.37. The van der Waals surface area contributed by atoms with Gasteiger partial charge in [0.1, 0.15) is 0 Å². The molecular weight excluding hydrogens is 116 g/mol. The first-order chi connectivity index (χ1) is 4.24. The third-order valence-corrected chi connectivity index (χ3v) is 1.81. The summed E-state index contributed by atoms with van der Waals surface area (Å²) in [5.74, 6) is 0.451. The molecule has 0 aromatic heterocycles. The molecule has 2 atom stereocenters. The van der Waals surface area contributed by atoms with Crippen molar-refractivity contribution >= 4 is 5.91 Å². The van der Waals surface area contributed by atoms with E-state index in [4.69, 9.17) is 5.73 Å². The molecule has 3 nitrogen and oxygen atoms in total. The second kappa shape index (κ2) is 2.35. The number of nitrogens with two attached hydrogens (primary N) is 1. The molecule has 3 heteroatoms. The van der Waals surface area contributed by atoms with Crippen LogP contribution in [0.25, 0.3) is 0 Å². The second-order valence-corrected chi connectivity index (χ2v) is 2.47. The van der Waals surface area contributed by atoms with Crippen LogP contribution in [0.15, 0.2) is 0 Å². The van der Waals surface area contributed by atoms with E-state index in [9.17, 15) is 4.79 Å². The Bertz CT molecular complexity index is 124. The molecule has 0 aliphatic carbocycles. The summed E-state index contributed by atoms with van der Waals surface area (Å²) in [5.41, 5.74) is 5.55. The van der Waals surface area contributed by atoms with Crippen LogP contribution in [0.2, 0.25) is 0 Å². The summed E-state index contributed by atoms with van der Waals surface area (Å²) in [6.07, 6.45) is 1.50. The highest BCUT2D eigenvalue weighted by Crippen LogP contribution is 2.15. The molecule has 0 radical (unpaired) electrons. The molecule has 9 heavy (non-hydrogen) atoms. The van der Waals surface area contributed by atoms with E-state index in [1.54, 1.807) is 0 Å². The fourth-order valence-electron chi connectivity index (χ4n) is 1.13. The first-order valence-corrected chi connectivity index (χ1v) is 3.29. The normalized spacial score (nSPS) is 34.7. The minimum atomic E-state index is -0.0949. The number of nitrogens with one attached hydrogen (secondary N) is 1. The smallest absolute Gasteiger partial charge is 0.221 e. The van der Waals surface area contributed by atoms with Crippen molar-refractivity contribution in [3.8, 4) is 0 Å². The lowest BCUT2D eigenvalue weighted by molar-refractivity contribution is -0.119. The molecule has 0 bridgehead atoms. The molecule has 1 amide bonds. The summed E-state index contributed by atoms with van der Waals surface area (Å²) in [4.78, 5) is 10.6. The maximum Gasteiger partial charge on any atom is 0.221 e. The Morgan fingerprint density at radius 1 is 1.89 bits per heavy atom. The molecule has 0 saturated carbocycles. The van der Waals surface area contributed by atoms with Crippen LogP contribution in [0.3, 0.4) is 0 Å². The van der Waals surface area contributed by atoms with Gasteiger partial charge in [-0.1, -0.05) is 6.92 Å². The number of amides is 1. The largest absolute Gasteiger partial charge is 0.341 e. The second-order valence-electron chi connectivity index (χ2n) is 2.47. The van der Waals surface area contributed by atoms with E-state index in [2.05, 4.69) is 5.32 Å². The van der Waals surface area contributed by atoms with Crippen molar-refractivity contribution < 1.29 is 4.79 Å². The SMILES string of the molecule is CCC1CC(=O)NC1N. The topological polar surface area (TPSA) is 55.1 Å². The monoisotopic (exact) mass is 128 g/mol. The molecule has 2 unspecified atom stereocenters. The predicted octanol–water partition coefficient (Wildman–Crippen LogP) is -0.183. The molecule has 1 saturated heterocycles. The molecule has 1 aliphatic rings. The Kier molecular flexibility index (Phi) is 1.71. The third-order valence-electron chi connectivity index (χ3n) is 1.81. The van der Waals surface area contributed by atoms with Gasteiger partial charge in [0.2, 0.25) is 5.91 Å². The van der Waals surface area contributed by atoms with E-state index in [0.717, 1.165) is 6.42 Å². The summed E-state index contributed by atoms with van der Waals surface area (Å²) < 4.78 is 0. The molecule has 1 heterocycles. The molecule has 0 aromatic rings. The highest BCUT2D eigenvalue weighted by molar-refractivity contribution is 5.78. The number of carbonyl (C=O) groups excluding carboxylic acids is 1. The molecule has 3 N–H and O–H groups in total. The molecule has 1 fully saturated rings. The van der Waals surface area contributed by atoms with E-state index in [-0.39, 0.29) is 12.1 Å². The van der Waals surface area contributed by atoms with Gasteiger partial charge in [0, 0.05) is 12.3 Å². The summed E-state index contributed by atoms with van der Waals surface area (Å²) in [7, 11) is 0. The summed E-state index contributed by atoms with van der Waals surface area (Å²) in [5, 5.41) is 2.66. The van der Waals surface area contributed by atoms with E-state index >= 15 is 0 Å². The zero-order chi connectivity index (χ0) is 6.85. The molecule has 1 aliphatic heterocycles. The van der Waals surface area contributed by atoms with Crippen LogP contribution in [-0.2, 0) is 4.79 Å². The molecule has 0 aromatic carbocycles. The van der Waals surface area contributed by atoms with Crippen LogP contribution in [0.4, 0.5) is 0 Å². The minimum Gasteiger partial charge on any atom is -0.341 e. The fraction of sp³-hybridized carbons (Fsp3) is 0.833. The quantitative estimate of drug-likeness (QED) is 0.514. The summed E-state index contributed by atoms with van der Waals surface area (Å²) in [6.45, 7) is 2.05. The zero-order valence-electron chi connectivity index (χ0n) is 5.55. The van der Waals surface area contributed by atoms with Gasteiger partial charge >= 0.3 is 0 Å². The summed E-state index contributed by atoms with van der Waals surface area (Å²) in [6, 6.07) is 0. The molecular formula is C6H12N2O. The van der Waals surface area contributed by atoms with Gasteiger partial charge in [0.25, 0.3) is 0 Å². The van der Waals surface area contributed by atoms with Gasteiger partial charge in [-0.15, -0.1) is 0 Å². The Hall–Kier alpha value is -0.570. The molecule has 52 valence electrons. The van der Waals surface area contributed by atoms with Gasteiger partial charge < -0.3 is 11.1 Å². The zero-order valence-corrected chi connectivity index (χ0v) is 5.55. The lowest BCUT2D eigenvalue weighted by atomic mass is 10.0. The number of hydrogen-bond donors (Lipinski definition) is 2. The van der Waals surface area contributed by atoms with Crippen molar-refractivity contribution in [1.29, 1.82) is 0 Å². The first kappa shape index (κ1) is 6.55. The van der Waals surface area contributed by atoms with Crippen LogP contribution >= 0.6 is 0 Å². The fourth-order valence-corrected chi connectivity index (χ4v) is 1.13. The van der Waals surface area contributed by atoms with Gasteiger partial charge in [-0.3, -0.25) is 4.79 Å². The van der Waals surface area contributed by atoms with Gasteiger partial charge in [-0.05, 0) is 6.42 Å². The van der Waals surface area contributed by atoms with E-state index in [0.29, 0.717) is 12.3 Å². The van der Waals surface area contributed by atoms with Crippen molar-refractivity contribution in [3.05, 3.63) is 0 Å². The maximum absolute atomic E-state index is 10.6. The van der Waals surface area contributed by atoms with Gasteiger partial charge in [-0.25, -0.2) is 0 Å². The van der Waals surface area contributed by atoms with E-state index in [1.807, 2.05) is 6.92 Å². The minimum absolute atomic E-state index is 0.0920. The van der Waals surface area contributed by atoms with Gasteiger partial charge in [0.05, 0.1) is 6.17 Å². The number of carbonyl (C=O) groups is 1. The van der Waals surface area contributed by atoms with E-state index in [1.165, 1.54) is 0 Å². The number of hydrogen-bond acceptors (Lipinski definition) is 2. The van der Waals surface area contributed by atoms with Gasteiger partial charge in [-0.2, -0.15) is 0 Å². The van der Waals surface area contributed by atoms with Crippen LogP contribution in [0.5, 0.6) is 0 Å². The Balaban J connectivity index is 2.47. The van der Waals surface area contributed by atoms with Crippen molar-refractivity contribution in [3.63, 3.8) is 0 Å². The lowest BCUT2D eigenvalue weighted by Gasteiger charge is -2.09. The average molecular weight is 128 g/mol. The third kappa shape index (κ3) is 1.21. The standard InChI is InChI=1S/C6H12N2O/c1-2-4-3-5(9)8-6(4)7/h4,6H,2-3,7H2,1H3,(H,8,9). The highest BCUT2D eigenvalue weighted by atomic mass is 16.2. The van der Waals surface area contributed by atoms with Crippen LogP contribution < -0.4 is 11.1 Å². The number of rotatable bonds is 1. The molecule has 0 spiro atoms. The predicted molar refractivity (Wildman–Crippen MR) is 34.5 cm³/mol. The maximum atomic E-state index is 10.6. The van der Waals surface area contributed by atoms with Crippen molar-refractivity contribution in [1.82, 2.24) is 5.32 Å². The Morgan fingerprint density at radius 3 is 2.78 bits per heavy atom.